The third-order valence-corrected chi connectivity index (χ3v) is 5.02. The summed E-state index contributed by atoms with van der Waals surface area (Å²) in [6, 6.07) is 7.02. The Morgan fingerprint density at radius 1 is 1.34 bits per heavy atom. The van der Waals surface area contributed by atoms with Gasteiger partial charge in [0.1, 0.15) is 11.8 Å². The standard InChI is InChI=1S/C22H23FN4O2/c1-25-11-16(10-24)15-8-18-19(13-27-22(18)26-12-15)14-2-3-21(20(23)9-14)29-17-4-6-28-7-5-17/h2-3,8-13,17H,4-7,24H2,1H3,(H,26,27)/b16-10+,25-11?. The molecular weight excluding hydrogens is 371 g/mol. The SMILES string of the molecule is CN=C/C(=C\N)c1cnc2[nH]cc(-c3ccc(OC4CCOCC4)c(F)c3)c2c1. The Kier molecular flexibility index (Phi) is 5.57. The van der Waals surface area contributed by atoms with E-state index in [0.29, 0.717) is 13.2 Å². The number of nitrogens with one attached hydrogen (secondary N) is 1. The summed E-state index contributed by atoms with van der Waals surface area (Å²) in [4.78, 5) is 11.6. The molecule has 7 heteroatoms. The van der Waals surface area contributed by atoms with Crippen LogP contribution in [0.2, 0.25) is 0 Å². The van der Waals surface area contributed by atoms with Crippen molar-refractivity contribution in [3.05, 3.63) is 54.2 Å². The molecule has 3 heterocycles. The Morgan fingerprint density at radius 3 is 2.90 bits per heavy atom. The van der Waals surface area contributed by atoms with E-state index in [1.54, 1.807) is 25.5 Å². The number of pyridine rings is 1. The van der Waals surface area contributed by atoms with Crippen molar-refractivity contribution >= 4 is 22.8 Å². The van der Waals surface area contributed by atoms with Gasteiger partial charge in [-0.1, -0.05) is 6.07 Å². The Bertz CT molecular complexity index is 1070. The van der Waals surface area contributed by atoms with Gasteiger partial charge in [-0.3, -0.25) is 4.99 Å². The molecule has 0 spiro atoms. The lowest BCUT2D eigenvalue weighted by Crippen LogP contribution is -2.26. The van der Waals surface area contributed by atoms with Crippen LogP contribution < -0.4 is 10.5 Å². The maximum absolute atomic E-state index is 14.7. The number of halogens is 1. The summed E-state index contributed by atoms with van der Waals surface area (Å²) in [5.41, 5.74) is 9.64. The zero-order valence-electron chi connectivity index (χ0n) is 16.2. The molecule has 0 amide bonds. The fourth-order valence-corrected chi connectivity index (χ4v) is 3.49. The normalized spacial score (nSPS) is 16.0. The van der Waals surface area contributed by atoms with Gasteiger partial charge in [0.2, 0.25) is 0 Å². The second-order valence-corrected chi connectivity index (χ2v) is 6.91. The molecule has 0 bridgehead atoms. The van der Waals surface area contributed by atoms with Gasteiger partial charge in [-0.05, 0) is 23.8 Å². The molecule has 1 fully saturated rings. The molecule has 1 aromatic carbocycles. The lowest BCUT2D eigenvalue weighted by molar-refractivity contribution is 0.0240. The fraction of sp³-hybridized carbons (Fsp3) is 0.273. The van der Waals surface area contributed by atoms with E-state index in [1.165, 1.54) is 12.3 Å². The average molecular weight is 394 g/mol. The molecule has 0 atom stereocenters. The van der Waals surface area contributed by atoms with Gasteiger partial charge in [0.05, 0.1) is 13.2 Å². The van der Waals surface area contributed by atoms with Gasteiger partial charge in [0, 0.05) is 66.8 Å². The second kappa shape index (κ2) is 8.45. The highest BCUT2D eigenvalue weighted by Crippen LogP contribution is 2.32. The van der Waals surface area contributed by atoms with Crippen molar-refractivity contribution in [3.8, 4) is 16.9 Å². The predicted octanol–water partition coefficient (Wildman–Crippen LogP) is 3.93. The van der Waals surface area contributed by atoms with E-state index in [0.717, 1.165) is 46.1 Å². The lowest BCUT2D eigenvalue weighted by Gasteiger charge is -2.23. The highest BCUT2D eigenvalue weighted by Gasteiger charge is 2.18. The summed E-state index contributed by atoms with van der Waals surface area (Å²) in [7, 11) is 1.68. The number of nitrogens with zero attached hydrogens (tertiary/aromatic N) is 2. The van der Waals surface area contributed by atoms with Crippen molar-refractivity contribution in [3.63, 3.8) is 0 Å². The Balaban J connectivity index is 1.66. The number of ether oxygens (including phenoxy) is 2. The number of rotatable bonds is 5. The maximum Gasteiger partial charge on any atom is 0.165 e. The van der Waals surface area contributed by atoms with Crippen molar-refractivity contribution in [1.82, 2.24) is 9.97 Å². The van der Waals surface area contributed by atoms with Crippen molar-refractivity contribution < 1.29 is 13.9 Å². The molecule has 2 aromatic heterocycles. The van der Waals surface area contributed by atoms with Gasteiger partial charge >= 0.3 is 0 Å². The van der Waals surface area contributed by atoms with Crippen molar-refractivity contribution in [2.24, 2.45) is 10.7 Å². The van der Waals surface area contributed by atoms with Gasteiger partial charge in [-0.25, -0.2) is 9.37 Å². The number of aromatic amines is 1. The predicted molar refractivity (Wildman–Crippen MR) is 113 cm³/mol. The summed E-state index contributed by atoms with van der Waals surface area (Å²) in [6.07, 6.45) is 8.27. The van der Waals surface area contributed by atoms with Gasteiger partial charge in [-0.15, -0.1) is 0 Å². The largest absolute Gasteiger partial charge is 0.487 e. The molecule has 3 N–H and O–H groups in total. The zero-order valence-corrected chi connectivity index (χ0v) is 16.2. The van der Waals surface area contributed by atoms with E-state index in [-0.39, 0.29) is 17.7 Å². The smallest absolute Gasteiger partial charge is 0.165 e. The van der Waals surface area contributed by atoms with Crippen LogP contribution in [0.5, 0.6) is 5.75 Å². The molecule has 0 radical (unpaired) electrons. The van der Waals surface area contributed by atoms with E-state index >= 15 is 0 Å². The van der Waals surface area contributed by atoms with Gasteiger partial charge in [-0.2, -0.15) is 0 Å². The van der Waals surface area contributed by atoms with Gasteiger partial charge in [0.25, 0.3) is 0 Å². The van der Waals surface area contributed by atoms with Crippen LogP contribution in [0.4, 0.5) is 4.39 Å². The van der Waals surface area contributed by atoms with Crippen molar-refractivity contribution in [2.45, 2.75) is 18.9 Å². The monoisotopic (exact) mass is 394 g/mol. The topological polar surface area (TPSA) is 85.5 Å². The Hall–Kier alpha value is -3.19. The number of aromatic nitrogens is 2. The van der Waals surface area contributed by atoms with E-state index in [2.05, 4.69) is 15.0 Å². The molecule has 0 unspecified atom stereocenters. The molecule has 1 saturated heterocycles. The summed E-state index contributed by atoms with van der Waals surface area (Å²) in [5.74, 6) is -0.111. The van der Waals surface area contributed by atoms with Crippen molar-refractivity contribution in [1.29, 1.82) is 0 Å². The maximum atomic E-state index is 14.7. The number of benzene rings is 1. The number of hydrogen-bond donors (Lipinski definition) is 2. The molecule has 3 aromatic rings. The second-order valence-electron chi connectivity index (χ2n) is 6.91. The summed E-state index contributed by atoms with van der Waals surface area (Å²) < 4.78 is 25.9. The van der Waals surface area contributed by atoms with Crippen LogP contribution >= 0.6 is 0 Å². The van der Waals surface area contributed by atoms with Gasteiger partial charge in [0.15, 0.2) is 11.6 Å². The minimum atomic E-state index is -0.381. The van der Waals surface area contributed by atoms with Crippen molar-refractivity contribution in [2.75, 3.05) is 20.3 Å². The van der Waals surface area contributed by atoms with E-state index in [9.17, 15) is 4.39 Å². The lowest BCUT2D eigenvalue weighted by atomic mass is 10.0. The minimum Gasteiger partial charge on any atom is -0.487 e. The van der Waals surface area contributed by atoms with Crippen LogP contribution in [-0.4, -0.2) is 42.5 Å². The highest BCUT2D eigenvalue weighted by molar-refractivity contribution is 6.10. The van der Waals surface area contributed by atoms with Crippen LogP contribution in [0, 0.1) is 5.82 Å². The Labute approximate surface area is 168 Å². The molecule has 6 nitrogen and oxygen atoms in total. The number of allylic oxidation sites excluding steroid dienone is 1. The molecular formula is C22H23FN4O2. The third kappa shape index (κ3) is 4.00. The Morgan fingerprint density at radius 2 is 2.17 bits per heavy atom. The number of H-pyrrole nitrogens is 1. The van der Waals surface area contributed by atoms with Gasteiger partial charge < -0.3 is 20.2 Å². The first-order chi connectivity index (χ1) is 14.2. The number of aliphatic imine (C=N–C) groups is 1. The molecule has 29 heavy (non-hydrogen) atoms. The average Bonchev–Trinajstić information content (AvgIpc) is 3.17. The molecule has 1 aliphatic heterocycles. The van der Waals surface area contributed by atoms with Crippen LogP contribution in [0.1, 0.15) is 18.4 Å². The van der Waals surface area contributed by atoms with E-state index < -0.39 is 0 Å². The molecule has 0 saturated carbocycles. The summed E-state index contributed by atoms with van der Waals surface area (Å²) in [5, 5.41) is 0.879. The quantitative estimate of drug-likeness (QED) is 0.642. The molecule has 1 aliphatic rings. The van der Waals surface area contributed by atoms with E-state index in [4.69, 9.17) is 15.2 Å². The van der Waals surface area contributed by atoms with Crippen LogP contribution in [0.15, 0.2) is 47.9 Å². The van der Waals surface area contributed by atoms with Crippen LogP contribution in [-0.2, 0) is 4.74 Å². The first-order valence-corrected chi connectivity index (χ1v) is 9.55. The zero-order chi connectivity index (χ0) is 20.2. The molecule has 0 aliphatic carbocycles. The highest BCUT2D eigenvalue weighted by atomic mass is 19.1. The first kappa shape index (κ1) is 19.1. The fourth-order valence-electron chi connectivity index (χ4n) is 3.49. The minimum absolute atomic E-state index is 0.00866. The van der Waals surface area contributed by atoms with Crippen LogP contribution in [0.25, 0.3) is 27.7 Å². The molecule has 4 rings (SSSR count). The summed E-state index contributed by atoms with van der Waals surface area (Å²) in [6.45, 7) is 1.30. The molecule has 150 valence electrons. The number of fused-ring (bicyclic) bond motifs is 1. The summed E-state index contributed by atoms with van der Waals surface area (Å²) >= 11 is 0. The van der Waals surface area contributed by atoms with Crippen LogP contribution in [0.3, 0.4) is 0 Å². The first-order valence-electron chi connectivity index (χ1n) is 9.55. The number of nitrogens with two attached hydrogens (primary N) is 1. The third-order valence-electron chi connectivity index (χ3n) is 5.02. The van der Waals surface area contributed by atoms with E-state index in [1.807, 2.05) is 18.3 Å². The number of hydrogen-bond acceptors (Lipinski definition) is 5.